The molecule has 74 valence electrons. The van der Waals surface area contributed by atoms with Crippen molar-refractivity contribution in [1.82, 2.24) is 0 Å². The van der Waals surface area contributed by atoms with Crippen molar-refractivity contribution in [2.45, 2.75) is 20.8 Å². The van der Waals surface area contributed by atoms with Crippen molar-refractivity contribution in [2.75, 3.05) is 0 Å². The predicted molar refractivity (Wildman–Crippen MR) is 48.2 cm³/mol. The Morgan fingerprint density at radius 3 is 1.14 bits per heavy atom. The van der Waals surface area contributed by atoms with Crippen molar-refractivity contribution in [3.63, 3.8) is 0 Å². The summed E-state index contributed by atoms with van der Waals surface area (Å²) in [6.07, 6.45) is 0. The molecule has 0 radical (unpaired) electrons. The molecular weight excluding hydrogens is 186 g/mol. The summed E-state index contributed by atoms with van der Waals surface area (Å²) in [6.45, 7) is 3.29. The quantitative estimate of drug-likeness (QED) is 0.539. The first-order valence-corrected chi connectivity index (χ1v) is 3.43. The molecule has 0 saturated heterocycles. The summed E-state index contributed by atoms with van der Waals surface area (Å²) >= 11 is 0. The summed E-state index contributed by atoms with van der Waals surface area (Å²) in [5, 5.41) is 0. The van der Waals surface area contributed by atoms with E-state index in [9.17, 15) is 14.4 Å². The van der Waals surface area contributed by atoms with Gasteiger partial charge in [0.2, 0.25) is 0 Å². The summed E-state index contributed by atoms with van der Waals surface area (Å²) in [6, 6.07) is 0. The molecule has 0 unspecified atom stereocenters. The molecule has 0 atom stereocenters. The summed E-state index contributed by atoms with van der Waals surface area (Å²) in [7, 11) is -1.59. The molecular formula is C6H10BLiO6. The Labute approximate surface area is 93.6 Å². The molecule has 0 heterocycles. The van der Waals surface area contributed by atoms with Gasteiger partial charge in [0.05, 0.1) is 0 Å². The molecule has 0 aliphatic heterocycles. The molecule has 0 amide bonds. The SMILES string of the molecule is CC(=O)OB(OC(C)=O)OC(C)=O.[LiH]. The number of hydrogen-bond donors (Lipinski definition) is 0. The van der Waals surface area contributed by atoms with Crippen LogP contribution in [-0.2, 0) is 28.3 Å². The zero-order chi connectivity index (χ0) is 10.4. The molecule has 0 aliphatic rings. The minimum atomic E-state index is -1.59. The van der Waals surface area contributed by atoms with Crippen LogP contribution in [0.25, 0.3) is 0 Å². The first kappa shape index (κ1) is 15.5. The molecule has 6 nitrogen and oxygen atoms in total. The van der Waals surface area contributed by atoms with Gasteiger partial charge in [-0.3, -0.25) is 14.4 Å². The van der Waals surface area contributed by atoms with Crippen molar-refractivity contribution in [2.24, 2.45) is 0 Å². The molecule has 0 aliphatic carbocycles. The van der Waals surface area contributed by atoms with Crippen molar-refractivity contribution < 1.29 is 28.3 Å². The Bertz CT molecular complexity index is 192. The van der Waals surface area contributed by atoms with E-state index >= 15 is 0 Å². The van der Waals surface area contributed by atoms with Gasteiger partial charge in [-0.1, -0.05) is 0 Å². The third-order valence-electron chi connectivity index (χ3n) is 0.787. The summed E-state index contributed by atoms with van der Waals surface area (Å²) in [5.74, 6) is -2.15. The fourth-order valence-corrected chi connectivity index (χ4v) is 0.479. The van der Waals surface area contributed by atoms with Gasteiger partial charge in [0.25, 0.3) is 17.9 Å². The Kier molecular flexibility index (Phi) is 8.30. The van der Waals surface area contributed by atoms with E-state index in [1.165, 1.54) is 0 Å². The molecule has 0 spiro atoms. The van der Waals surface area contributed by atoms with Crippen LogP contribution in [0, 0.1) is 0 Å². The average Bonchev–Trinajstić information content (AvgIpc) is 1.80. The number of carbonyl (C=O) groups is 3. The Morgan fingerprint density at radius 2 is 1.00 bits per heavy atom. The van der Waals surface area contributed by atoms with Crippen molar-refractivity contribution in [3.05, 3.63) is 0 Å². The van der Waals surface area contributed by atoms with Crippen molar-refractivity contribution in [1.29, 1.82) is 0 Å². The number of carbonyl (C=O) groups excluding carboxylic acids is 3. The van der Waals surface area contributed by atoms with Crippen LogP contribution in [-0.4, -0.2) is 44.1 Å². The number of rotatable bonds is 3. The molecule has 0 fully saturated rings. The second-order valence-electron chi connectivity index (χ2n) is 2.12. The first-order valence-electron chi connectivity index (χ1n) is 3.43. The van der Waals surface area contributed by atoms with Crippen LogP contribution in [0.5, 0.6) is 0 Å². The second kappa shape index (κ2) is 7.47. The second-order valence-corrected chi connectivity index (χ2v) is 2.12. The van der Waals surface area contributed by atoms with Crippen LogP contribution < -0.4 is 0 Å². The van der Waals surface area contributed by atoms with Crippen LogP contribution in [0.3, 0.4) is 0 Å². The van der Waals surface area contributed by atoms with Gasteiger partial charge in [0.1, 0.15) is 0 Å². The predicted octanol–water partition coefficient (Wildman–Crippen LogP) is -0.988. The third-order valence-corrected chi connectivity index (χ3v) is 0.787. The molecule has 0 aromatic rings. The van der Waals surface area contributed by atoms with Crippen LogP contribution in [0.4, 0.5) is 0 Å². The summed E-state index contributed by atoms with van der Waals surface area (Å²) in [5.41, 5.74) is 0. The summed E-state index contributed by atoms with van der Waals surface area (Å²) in [4.78, 5) is 31.2. The van der Waals surface area contributed by atoms with E-state index in [0.717, 1.165) is 20.8 Å². The van der Waals surface area contributed by atoms with Gasteiger partial charge in [0.15, 0.2) is 0 Å². The van der Waals surface area contributed by atoms with Crippen molar-refractivity contribution in [3.8, 4) is 0 Å². The van der Waals surface area contributed by atoms with Crippen molar-refractivity contribution >= 4 is 44.1 Å². The molecule has 14 heavy (non-hydrogen) atoms. The van der Waals surface area contributed by atoms with E-state index in [2.05, 4.69) is 14.0 Å². The van der Waals surface area contributed by atoms with Gasteiger partial charge >= 0.3 is 26.2 Å². The van der Waals surface area contributed by atoms with E-state index in [-0.39, 0.29) is 18.9 Å². The molecule has 0 aromatic heterocycles. The van der Waals surface area contributed by atoms with Crippen LogP contribution in [0.15, 0.2) is 0 Å². The van der Waals surface area contributed by atoms with Gasteiger partial charge < -0.3 is 14.0 Å². The molecule has 0 N–H and O–H groups in total. The van der Waals surface area contributed by atoms with Crippen LogP contribution >= 0.6 is 0 Å². The minimum absolute atomic E-state index is 0. The maximum atomic E-state index is 10.4. The van der Waals surface area contributed by atoms with E-state index < -0.39 is 25.2 Å². The zero-order valence-electron chi connectivity index (χ0n) is 7.53. The Balaban J connectivity index is 0. The zero-order valence-corrected chi connectivity index (χ0v) is 7.53. The first-order chi connectivity index (χ1) is 5.91. The molecule has 8 heteroatoms. The molecule has 0 bridgehead atoms. The normalized spacial score (nSPS) is 7.93. The number of hydrogen-bond acceptors (Lipinski definition) is 6. The van der Waals surface area contributed by atoms with E-state index in [1.54, 1.807) is 0 Å². The van der Waals surface area contributed by atoms with E-state index in [1.807, 2.05) is 0 Å². The Hall–Kier alpha value is -0.928. The third kappa shape index (κ3) is 9.16. The fourth-order valence-electron chi connectivity index (χ4n) is 0.479. The van der Waals surface area contributed by atoms with Gasteiger partial charge in [-0.05, 0) is 0 Å². The van der Waals surface area contributed by atoms with Gasteiger partial charge in [-0.25, -0.2) is 0 Å². The monoisotopic (exact) mass is 196 g/mol. The molecule has 0 aromatic carbocycles. The molecule has 0 saturated carbocycles. The van der Waals surface area contributed by atoms with Gasteiger partial charge in [-0.2, -0.15) is 0 Å². The van der Waals surface area contributed by atoms with Gasteiger partial charge in [0, 0.05) is 20.8 Å². The van der Waals surface area contributed by atoms with E-state index in [0.29, 0.717) is 0 Å². The summed E-state index contributed by atoms with van der Waals surface area (Å²) < 4.78 is 13.0. The average molecular weight is 196 g/mol. The fraction of sp³-hybridized carbons (Fsp3) is 0.500. The standard InChI is InChI=1S/C6H9BO6.Li.H/c1-4(8)11-7(12-5(2)9)13-6(3)10;;/h1-3H3;;. The molecule has 0 rings (SSSR count). The topological polar surface area (TPSA) is 78.9 Å². The Morgan fingerprint density at radius 1 is 0.786 bits per heavy atom. The maximum absolute atomic E-state index is 10.4. The van der Waals surface area contributed by atoms with E-state index in [4.69, 9.17) is 0 Å². The van der Waals surface area contributed by atoms with Crippen LogP contribution in [0.1, 0.15) is 20.8 Å². The van der Waals surface area contributed by atoms with Gasteiger partial charge in [-0.15, -0.1) is 0 Å². The van der Waals surface area contributed by atoms with Crippen LogP contribution in [0.2, 0.25) is 0 Å².